The van der Waals surface area contributed by atoms with Crippen molar-refractivity contribution in [2.45, 2.75) is 0 Å². The monoisotopic (exact) mass is 385 g/mol. The Hall–Kier alpha value is -3.68. The van der Waals surface area contributed by atoms with Gasteiger partial charge in [0.1, 0.15) is 0 Å². The number of hydrogen-bond donors (Lipinski definition) is 3. The molecule has 0 aliphatic carbocycles. The van der Waals surface area contributed by atoms with Crippen LogP contribution in [-0.4, -0.2) is 40.3 Å². The van der Waals surface area contributed by atoms with Gasteiger partial charge in [-0.2, -0.15) is 0 Å². The SMILES string of the molecule is CNC(=O)Nc1ccc(NC(=O)/C=C/c2cc(OC)c(OC)c(OC)c2)cc1. The molecule has 0 aromatic heterocycles. The Morgan fingerprint density at radius 3 is 1.86 bits per heavy atom. The Kier molecular flexibility index (Phi) is 7.27. The second-order valence-corrected chi connectivity index (χ2v) is 5.56. The van der Waals surface area contributed by atoms with E-state index in [9.17, 15) is 9.59 Å². The van der Waals surface area contributed by atoms with E-state index in [-0.39, 0.29) is 11.9 Å². The van der Waals surface area contributed by atoms with E-state index in [1.165, 1.54) is 34.5 Å². The number of carbonyl (C=O) groups is 2. The normalized spacial score (nSPS) is 10.3. The average Bonchev–Trinajstić information content (AvgIpc) is 2.72. The van der Waals surface area contributed by atoms with Crippen LogP contribution >= 0.6 is 0 Å². The first kappa shape index (κ1) is 20.6. The Labute approximate surface area is 163 Å². The smallest absolute Gasteiger partial charge is 0.318 e. The summed E-state index contributed by atoms with van der Waals surface area (Å²) in [4.78, 5) is 23.4. The highest BCUT2D eigenvalue weighted by molar-refractivity contribution is 6.02. The van der Waals surface area contributed by atoms with Crippen LogP contribution in [-0.2, 0) is 4.79 Å². The van der Waals surface area contributed by atoms with Crippen molar-refractivity contribution >= 4 is 29.4 Å². The molecule has 0 atom stereocenters. The number of methoxy groups -OCH3 is 3. The average molecular weight is 385 g/mol. The first-order valence-corrected chi connectivity index (χ1v) is 8.38. The van der Waals surface area contributed by atoms with E-state index in [0.717, 1.165) is 5.56 Å². The predicted molar refractivity (Wildman–Crippen MR) is 108 cm³/mol. The summed E-state index contributed by atoms with van der Waals surface area (Å²) in [7, 11) is 6.11. The summed E-state index contributed by atoms with van der Waals surface area (Å²) in [6.07, 6.45) is 3.04. The summed E-state index contributed by atoms with van der Waals surface area (Å²) in [6.45, 7) is 0. The largest absolute Gasteiger partial charge is 0.493 e. The number of ether oxygens (including phenoxy) is 3. The molecule has 0 spiro atoms. The Bertz CT molecular complexity index is 838. The van der Waals surface area contributed by atoms with Gasteiger partial charge in [-0.15, -0.1) is 0 Å². The van der Waals surface area contributed by atoms with Gasteiger partial charge in [0, 0.05) is 24.5 Å². The van der Waals surface area contributed by atoms with E-state index in [1.54, 1.807) is 42.5 Å². The molecule has 2 aromatic rings. The fraction of sp³-hybridized carbons (Fsp3) is 0.200. The van der Waals surface area contributed by atoms with Gasteiger partial charge >= 0.3 is 6.03 Å². The van der Waals surface area contributed by atoms with Crippen molar-refractivity contribution in [2.75, 3.05) is 39.0 Å². The number of carbonyl (C=O) groups excluding carboxylic acids is 2. The molecule has 8 heteroatoms. The van der Waals surface area contributed by atoms with Gasteiger partial charge in [-0.1, -0.05) is 0 Å². The van der Waals surface area contributed by atoms with Crippen LogP contribution in [0.5, 0.6) is 17.2 Å². The Morgan fingerprint density at radius 2 is 1.39 bits per heavy atom. The molecule has 8 nitrogen and oxygen atoms in total. The first-order valence-electron chi connectivity index (χ1n) is 8.38. The van der Waals surface area contributed by atoms with Crippen LogP contribution in [0.15, 0.2) is 42.5 Å². The third-order valence-corrected chi connectivity index (χ3v) is 3.75. The maximum atomic E-state index is 12.2. The van der Waals surface area contributed by atoms with Crippen LogP contribution in [0, 0.1) is 0 Å². The molecule has 0 radical (unpaired) electrons. The van der Waals surface area contributed by atoms with Crippen LogP contribution in [0.3, 0.4) is 0 Å². The highest BCUT2D eigenvalue weighted by Gasteiger charge is 2.12. The van der Waals surface area contributed by atoms with Gasteiger partial charge in [-0.25, -0.2) is 4.79 Å². The fourth-order valence-corrected chi connectivity index (χ4v) is 2.38. The molecular weight excluding hydrogens is 362 g/mol. The lowest BCUT2D eigenvalue weighted by Gasteiger charge is -2.12. The maximum Gasteiger partial charge on any atom is 0.318 e. The Balaban J connectivity index is 2.06. The highest BCUT2D eigenvalue weighted by atomic mass is 16.5. The molecule has 0 fully saturated rings. The van der Waals surface area contributed by atoms with Gasteiger partial charge in [0.05, 0.1) is 21.3 Å². The third-order valence-electron chi connectivity index (χ3n) is 3.75. The lowest BCUT2D eigenvalue weighted by molar-refractivity contribution is -0.111. The van der Waals surface area contributed by atoms with Gasteiger partial charge in [-0.3, -0.25) is 4.79 Å². The van der Waals surface area contributed by atoms with E-state index in [4.69, 9.17) is 14.2 Å². The topological polar surface area (TPSA) is 97.9 Å². The van der Waals surface area contributed by atoms with Gasteiger partial charge in [0.25, 0.3) is 0 Å². The van der Waals surface area contributed by atoms with Gasteiger partial charge in [0.15, 0.2) is 11.5 Å². The number of anilines is 2. The van der Waals surface area contributed by atoms with E-state index in [0.29, 0.717) is 28.6 Å². The fourth-order valence-electron chi connectivity index (χ4n) is 2.38. The van der Waals surface area contributed by atoms with Crippen molar-refractivity contribution in [1.82, 2.24) is 5.32 Å². The molecule has 0 saturated carbocycles. The third kappa shape index (κ3) is 5.41. The molecule has 0 aliphatic rings. The molecule has 3 amide bonds. The van der Waals surface area contributed by atoms with E-state index >= 15 is 0 Å². The zero-order valence-corrected chi connectivity index (χ0v) is 16.2. The van der Waals surface area contributed by atoms with Crippen molar-refractivity contribution in [3.05, 3.63) is 48.0 Å². The minimum atomic E-state index is -0.315. The maximum absolute atomic E-state index is 12.2. The summed E-state index contributed by atoms with van der Waals surface area (Å²) in [5.41, 5.74) is 1.93. The number of benzene rings is 2. The molecule has 2 rings (SSSR count). The Morgan fingerprint density at radius 1 is 0.857 bits per heavy atom. The van der Waals surface area contributed by atoms with Crippen molar-refractivity contribution in [2.24, 2.45) is 0 Å². The zero-order chi connectivity index (χ0) is 20.5. The molecule has 2 aromatic carbocycles. The summed E-state index contributed by atoms with van der Waals surface area (Å²) in [5.74, 6) is 1.18. The summed E-state index contributed by atoms with van der Waals surface area (Å²) in [5, 5.41) is 7.85. The molecule has 0 heterocycles. The number of amides is 3. The zero-order valence-electron chi connectivity index (χ0n) is 16.2. The van der Waals surface area contributed by atoms with E-state index in [1.807, 2.05) is 0 Å². The number of hydrogen-bond acceptors (Lipinski definition) is 5. The van der Waals surface area contributed by atoms with E-state index in [2.05, 4.69) is 16.0 Å². The van der Waals surface area contributed by atoms with Crippen molar-refractivity contribution in [1.29, 1.82) is 0 Å². The number of nitrogens with one attached hydrogen (secondary N) is 3. The predicted octanol–water partition coefficient (Wildman–Crippen LogP) is 3.12. The molecule has 0 unspecified atom stereocenters. The number of rotatable bonds is 7. The van der Waals surface area contributed by atoms with E-state index < -0.39 is 0 Å². The van der Waals surface area contributed by atoms with Gasteiger partial charge in [0.2, 0.25) is 11.7 Å². The quantitative estimate of drug-likeness (QED) is 0.636. The van der Waals surface area contributed by atoms with Crippen LogP contribution in [0.2, 0.25) is 0 Å². The number of urea groups is 1. The van der Waals surface area contributed by atoms with Crippen LogP contribution < -0.4 is 30.2 Å². The highest BCUT2D eigenvalue weighted by Crippen LogP contribution is 2.38. The van der Waals surface area contributed by atoms with Crippen LogP contribution in [0.4, 0.5) is 16.2 Å². The second kappa shape index (κ2) is 9.86. The van der Waals surface area contributed by atoms with Crippen molar-refractivity contribution in [3.8, 4) is 17.2 Å². The van der Waals surface area contributed by atoms with Gasteiger partial charge in [-0.05, 0) is 48.0 Å². The van der Waals surface area contributed by atoms with Gasteiger partial charge < -0.3 is 30.2 Å². The molecule has 0 aliphatic heterocycles. The molecule has 28 heavy (non-hydrogen) atoms. The van der Waals surface area contributed by atoms with Crippen LogP contribution in [0.25, 0.3) is 6.08 Å². The molecule has 0 bridgehead atoms. The van der Waals surface area contributed by atoms with Crippen LogP contribution in [0.1, 0.15) is 5.56 Å². The first-order chi connectivity index (χ1) is 13.5. The van der Waals surface area contributed by atoms with Crippen molar-refractivity contribution in [3.63, 3.8) is 0 Å². The lowest BCUT2D eigenvalue weighted by Crippen LogP contribution is -2.24. The minimum Gasteiger partial charge on any atom is -0.493 e. The molecule has 148 valence electrons. The molecule has 0 saturated heterocycles. The second-order valence-electron chi connectivity index (χ2n) is 5.56. The standard InChI is InChI=1S/C20H23N3O5/c1-21-20(25)23-15-8-6-14(7-9-15)22-18(24)10-5-13-11-16(26-2)19(28-4)17(12-13)27-3/h5-12H,1-4H3,(H,22,24)(H2,21,23,25)/b10-5+. The summed E-state index contributed by atoms with van der Waals surface area (Å²) in [6, 6.07) is 9.92. The van der Waals surface area contributed by atoms with Crippen molar-refractivity contribution < 1.29 is 23.8 Å². The lowest BCUT2D eigenvalue weighted by atomic mass is 10.1. The summed E-state index contributed by atoms with van der Waals surface area (Å²) < 4.78 is 15.9. The molecular formula is C20H23N3O5. The molecule has 3 N–H and O–H groups in total. The minimum absolute atomic E-state index is 0.305. The summed E-state index contributed by atoms with van der Waals surface area (Å²) >= 11 is 0.